The van der Waals surface area contributed by atoms with E-state index in [1.54, 1.807) is 0 Å². The van der Waals surface area contributed by atoms with Crippen LogP contribution in [-0.2, 0) is 16.1 Å². The van der Waals surface area contributed by atoms with Gasteiger partial charge >= 0.3 is 0 Å². The minimum atomic E-state index is -0.110. The summed E-state index contributed by atoms with van der Waals surface area (Å²) < 4.78 is 0. The number of fused-ring (bicyclic) bond motifs is 1. The highest BCUT2D eigenvalue weighted by Crippen LogP contribution is 2.30. The van der Waals surface area contributed by atoms with Crippen molar-refractivity contribution in [1.82, 2.24) is 15.8 Å². The number of hydrogen-bond acceptors (Lipinski definition) is 3. The largest absolute Gasteiger partial charge is 0.361 e. The molecule has 1 aromatic carbocycles. The number of halogens is 1. The van der Waals surface area contributed by atoms with Gasteiger partial charge < -0.3 is 10.3 Å². The number of hydroxylamine groups is 1. The van der Waals surface area contributed by atoms with Gasteiger partial charge in [-0.2, -0.15) is 0 Å². The van der Waals surface area contributed by atoms with E-state index < -0.39 is 0 Å². The molecular weight excluding hydrogens is 350 g/mol. The lowest BCUT2D eigenvalue weighted by atomic mass is 9.85. The van der Waals surface area contributed by atoms with Gasteiger partial charge in [-0.15, -0.1) is 0 Å². The molecule has 2 heterocycles. The molecule has 0 saturated heterocycles. The molecule has 0 radical (unpaired) electrons. The van der Waals surface area contributed by atoms with Gasteiger partial charge in [0.1, 0.15) is 11.8 Å². The molecule has 1 aliphatic heterocycles. The molecule has 1 unspecified atom stereocenters. The molecule has 1 amide bonds. The van der Waals surface area contributed by atoms with Crippen LogP contribution in [0, 0.1) is 5.92 Å². The first-order valence-electron chi connectivity index (χ1n) is 9.38. The van der Waals surface area contributed by atoms with E-state index in [1.807, 2.05) is 30.5 Å². The van der Waals surface area contributed by atoms with Crippen LogP contribution < -0.4 is 10.8 Å². The minimum absolute atomic E-state index is 0.0202. The second kappa shape index (κ2) is 7.72. The van der Waals surface area contributed by atoms with Gasteiger partial charge in [0.05, 0.1) is 0 Å². The summed E-state index contributed by atoms with van der Waals surface area (Å²) in [5.74, 6) is 0.415. The number of carbonyl (C=O) groups is 1. The molecule has 1 aliphatic carbocycles. The quantitative estimate of drug-likeness (QED) is 0.745. The number of H-pyrrole nitrogens is 1. The molecule has 4 rings (SSSR count). The third-order valence-electron chi connectivity index (χ3n) is 5.40. The number of benzene rings is 1. The summed E-state index contributed by atoms with van der Waals surface area (Å²) in [6, 6.07) is 5.79. The molecule has 2 aromatic rings. The maximum atomic E-state index is 12.4. The highest BCUT2D eigenvalue weighted by atomic mass is 35.5. The third kappa shape index (κ3) is 3.74. The smallest absolute Gasteiger partial charge is 0.269 e. The zero-order valence-electron chi connectivity index (χ0n) is 14.7. The number of nitrogens with one attached hydrogen (secondary N) is 3. The van der Waals surface area contributed by atoms with Crippen molar-refractivity contribution in [2.24, 2.45) is 5.92 Å². The first kappa shape index (κ1) is 17.4. The summed E-state index contributed by atoms with van der Waals surface area (Å²) in [6.45, 7) is 0.561. The van der Waals surface area contributed by atoms with Crippen molar-refractivity contribution in [2.45, 2.75) is 44.6 Å². The molecular formula is C20H24ClN3O2. The maximum Gasteiger partial charge on any atom is 0.269 e. The molecule has 1 aromatic heterocycles. The molecule has 3 N–H and O–H groups in total. The SMILES string of the molecule is O=C(NCCc1c[nH]c2ccc(Cl)cc12)C1=CC(C2CCCCC2)ON1. The van der Waals surface area contributed by atoms with Crippen LogP contribution in [0.15, 0.2) is 36.2 Å². The topological polar surface area (TPSA) is 66.2 Å². The average molecular weight is 374 g/mol. The van der Waals surface area contributed by atoms with Crippen LogP contribution in [0.5, 0.6) is 0 Å². The van der Waals surface area contributed by atoms with Gasteiger partial charge in [0.2, 0.25) is 0 Å². The van der Waals surface area contributed by atoms with Crippen LogP contribution in [0.2, 0.25) is 5.02 Å². The monoisotopic (exact) mass is 373 g/mol. The fraction of sp³-hybridized carbons (Fsp3) is 0.450. The van der Waals surface area contributed by atoms with Crippen molar-refractivity contribution >= 4 is 28.4 Å². The van der Waals surface area contributed by atoms with E-state index in [0.29, 0.717) is 23.2 Å². The van der Waals surface area contributed by atoms with E-state index in [1.165, 1.54) is 32.1 Å². The predicted octanol–water partition coefficient (Wildman–Crippen LogP) is 3.85. The second-order valence-corrected chi connectivity index (χ2v) is 7.61. The highest BCUT2D eigenvalue weighted by molar-refractivity contribution is 6.31. The maximum absolute atomic E-state index is 12.4. The summed E-state index contributed by atoms with van der Waals surface area (Å²) >= 11 is 6.08. The Morgan fingerprint density at radius 1 is 1.27 bits per heavy atom. The molecule has 26 heavy (non-hydrogen) atoms. The molecule has 1 fully saturated rings. The zero-order valence-corrected chi connectivity index (χ0v) is 15.4. The number of aromatic amines is 1. The van der Waals surface area contributed by atoms with Crippen molar-refractivity contribution in [3.63, 3.8) is 0 Å². The van der Waals surface area contributed by atoms with Crippen LogP contribution in [0.1, 0.15) is 37.7 Å². The van der Waals surface area contributed by atoms with E-state index in [4.69, 9.17) is 16.4 Å². The average Bonchev–Trinajstić information content (AvgIpc) is 3.30. The molecule has 5 nitrogen and oxygen atoms in total. The standard InChI is InChI=1S/C20H24ClN3O2/c21-15-6-7-17-16(10-15)14(12-23-17)8-9-22-20(25)18-11-19(26-24-18)13-4-2-1-3-5-13/h6-7,10-13,19,23-24H,1-5,8-9H2,(H,22,25). The Morgan fingerprint density at radius 3 is 2.96 bits per heavy atom. The first-order chi connectivity index (χ1) is 12.7. The van der Waals surface area contributed by atoms with Crippen LogP contribution in [0.4, 0.5) is 0 Å². The Kier molecular flexibility index (Phi) is 5.18. The summed E-state index contributed by atoms with van der Waals surface area (Å²) in [4.78, 5) is 21.2. The van der Waals surface area contributed by atoms with Crippen molar-refractivity contribution < 1.29 is 9.63 Å². The van der Waals surface area contributed by atoms with Crippen molar-refractivity contribution in [3.05, 3.63) is 46.8 Å². The summed E-state index contributed by atoms with van der Waals surface area (Å²) in [6.07, 6.45) is 10.9. The lowest BCUT2D eigenvalue weighted by molar-refractivity contribution is -0.119. The summed E-state index contributed by atoms with van der Waals surface area (Å²) in [7, 11) is 0. The number of aromatic nitrogens is 1. The van der Waals surface area contributed by atoms with Gasteiger partial charge in [0, 0.05) is 28.7 Å². The van der Waals surface area contributed by atoms with E-state index in [0.717, 1.165) is 22.9 Å². The third-order valence-corrected chi connectivity index (χ3v) is 5.64. The van der Waals surface area contributed by atoms with E-state index in [2.05, 4.69) is 15.8 Å². The van der Waals surface area contributed by atoms with Gasteiger partial charge in [-0.1, -0.05) is 30.9 Å². The van der Waals surface area contributed by atoms with Crippen LogP contribution in [0.25, 0.3) is 10.9 Å². The van der Waals surface area contributed by atoms with E-state index >= 15 is 0 Å². The Balaban J connectivity index is 1.31. The molecule has 6 heteroatoms. The Labute approximate surface area is 158 Å². The van der Waals surface area contributed by atoms with Gasteiger partial charge in [0.25, 0.3) is 5.91 Å². The van der Waals surface area contributed by atoms with E-state index in [-0.39, 0.29) is 12.0 Å². The molecule has 138 valence electrons. The summed E-state index contributed by atoms with van der Waals surface area (Å²) in [5, 5.41) is 4.79. The molecule has 1 saturated carbocycles. The van der Waals surface area contributed by atoms with Crippen molar-refractivity contribution in [2.75, 3.05) is 6.54 Å². The number of amides is 1. The van der Waals surface area contributed by atoms with Crippen molar-refractivity contribution in [1.29, 1.82) is 0 Å². The second-order valence-electron chi connectivity index (χ2n) is 7.17. The predicted molar refractivity (Wildman–Crippen MR) is 103 cm³/mol. The molecule has 0 spiro atoms. The number of hydrogen-bond donors (Lipinski definition) is 3. The van der Waals surface area contributed by atoms with Crippen LogP contribution in [0.3, 0.4) is 0 Å². The van der Waals surface area contributed by atoms with Crippen molar-refractivity contribution in [3.8, 4) is 0 Å². The van der Waals surface area contributed by atoms with Gasteiger partial charge in [-0.05, 0) is 55.0 Å². The Bertz CT molecular complexity index is 824. The lowest BCUT2D eigenvalue weighted by Gasteiger charge is -2.24. The number of carbonyl (C=O) groups excluding carboxylic acids is 1. The molecule has 0 bridgehead atoms. The van der Waals surface area contributed by atoms with Gasteiger partial charge in [-0.3, -0.25) is 15.1 Å². The normalized spacial score (nSPS) is 20.8. The molecule has 2 aliphatic rings. The Hall–Kier alpha value is -1.98. The van der Waals surface area contributed by atoms with Gasteiger partial charge in [0.15, 0.2) is 0 Å². The Morgan fingerprint density at radius 2 is 2.12 bits per heavy atom. The first-order valence-corrected chi connectivity index (χ1v) is 9.76. The van der Waals surface area contributed by atoms with E-state index in [9.17, 15) is 4.79 Å². The zero-order chi connectivity index (χ0) is 17.9. The fourth-order valence-electron chi connectivity index (χ4n) is 3.94. The number of rotatable bonds is 5. The summed E-state index contributed by atoms with van der Waals surface area (Å²) in [5.41, 5.74) is 5.54. The van der Waals surface area contributed by atoms with Gasteiger partial charge in [-0.25, -0.2) is 0 Å². The van der Waals surface area contributed by atoms with Crippen LogP contribution >= 0.6 is 11.6 Å². The van der Waals surface area contributed by atoms with Crippen LogP contribution in [-0.4, -0.2) is 23.5 Å². The molecule has 1 atom stereocenters. The minimum Gasteiger partial charge on any atom is -0.361 e. The fourth-order valence-corrected chi connectivity index (χ4v) is 4.12. The highest BCUT2D eigenvalue weighted by Gasteiger charge is 2.29. The lowest BCUT2D eigenvalue weighted by Crippen LogP contribution is -2.31.